The van der Waals surface area contributed by atoms with Gasteiger partial charge in [-0.1, -0.05) is 12.1 Å². The van der Waals surface area contributed by atoms with Crippen LogP contribution in [-0.4, -0.2) is 36.7 Å². The van der Waals surface area contributed by atoms with Crippen molar-refractivity contribution in [3.05, 3.63) is 52.1 Å². The van der Waals surface area contributed by atoms with E-state index in [-0.39, 0.29) is 5.69 Å². The molecule has 0 bridgehead atoms. The van der Waals surface area contributed by atoms with Gasteiger partial charge in [-0.2, -0.15) is 0 Å². The molecule has 0 aliphatic heterocycles. The maximum Gasteiger partial charge on any atom is 0.269 e. The number of non-ortho nitro benzene ring substituents is 1. The molecule has 0 aliphatic rings. The third-order valence-corrected chi connectivity index (χ3v) is 2.91. The van der Waals surface area contributed by atoms with Crippen molar-refractivity contribution in [1.82, 2.24) is 25.3 Å². The number of rotatable bonds is 5. The van der Waals surface area contributed by atoms with Crippen molar-refractivity contribution >= 4 is 17.2 Å². The van der Waals surface area contributed by atoms with E-state index in [1.807, 2.05) is 6.07 Å². The molecule has 106 valence electrons. The van der Waals surface area contributed by atoms with Crippen molar-refractivity contribution < 1.29 is 4.92 Å². The summed E-state index contributed by atoms with van der Waals surface area (Å²) in [5.74, 6) is 0.639. The second kappa shape index (κ2) is 5.49. The molecule has 0 saturated carbocycles. The molecule has 3 aromatic rings. The minimum atomic E-state index is -0.399. The van der Waals surface area contributed by atoms with E-state index in [0.29, 0.717) is 24.4 Å². The highest BCUT2D eigenvalue weighted by molar-refractivity contribution is 5.42. The summed E-state index contributed by atoms with van der Waals surface area (Å²) < 4.78 is 1.33. The molecule has 1 N–H and O–H groups in total. The standard InChI is InChI=1S/C12H11N7O2/c20-19(21)10-3-1-2-9(8-10)6-7-13-11-4-5-12-14-16-17-18(12)15-11/h1-5,8H,6-7H2,(H,13,15). The normalized spacial score (nSPS) is 10.7. The van der Waals surface area contributed by atoms with Gasteiger partial charge in [-0.3, -0.25) is 10.1 Å². The number of fused-ring (bicyclic) bond motifs is 1. The zero-order chi connectivity index (χ0) is 14.7. The smallest absolute Gasteiger partial charge is 0.269 e. The van der Waals surface area contributed by atoms with Crippen LogP contribution in [0, 0.1) is 10.1 Å². The van der Waals surface area contributed by atoms with Crippen LogP contribution < -0.4 is 5.32 Å². The summed E-state index contributed by atoms with van der Waals surface area (Å²) in [5, 5.41) is 29.0. The molecule has 0 atom stereocenters. The summed E-state index contributed by atoms with van der Waals surface area (Å²) in [5.41, 5.74) is 1.56. The van der Waals surface area contributed by atoms with Crippen LogP contribution >= 0.6 is 0 Å². The van der Waals surface area contributed by atoms with E-state index >= 15 is 0 Å². The van der Waals surface area contributed by atoms with Crippen molar-refractivity contribution in [3.63, 3.8) is 0 Å². The molecule has 21 heavy (non-hydrogen) atoms. The fourth-order valence-corrected chi connectivity index (χ4v) is 1.90. The van der Waals surface area contributed by atoms with Crippen LogP contribution in [0.15, 0.2) is 36.4 Å². The monoisotopic (exact) mass is 285 g/mol. The Labute approximate surface area is 118 Å². The summed E-state index contributed by atoms with van der Waals surface area (Å²) in [4.78, 5) is 10.3. The lowest BCUT2D eigenvalue weighted by molar-refractivity contribution is -0.384. The van der Waals surface area contributed by atoms with Crippen LogP contribution in [0.25, 0.3) is 5.65 Å². The Morgan fingerprint density at radius 1 is 1.29 bits per heavy atom. The first-order valence-electron chi connectivity index (χ1n) is 6.25. The predicted octanol–water partition coefficient (Wildman–Crippen LogP) is 1.08. The summed E-state index contributed by atoms with van der Waals surface area (Å²) in [6.07, 6.45) is 0.650. The minimum Gasteiger partial charge on any atom is -0.368 e. The first-order valence-corrected chi connectivity index (χ1v) is 6.25. The van der Waals surface area contributed by atoms with Gasteiger partial charge in [-0.05, 0) is 34.5 Å². The van der Waals surface area contributed by atoms with E-state index in [1.54, 1.807) is 24.3 Å². The minimum absolute atomic E-state index is 0.0979. The maximum atomic E-state index is 10.7. The highest BCUT2D eigenvalue weighted by Gasteiger charge is 2.05. The lowest BCUT2D eigenvalue weighted by Crippen LogP contribution is -2.08. The molecular weight excluding hydrogens is 274 g/mol. The molecule has 9 heteroatoms. The molecule has 0 amide bonds. The molecule has 2 aromatic heterocycles. The van der Waals surface area contributed by atoms with Crippen LogP contribution in [0.4, 0.5) is 11.5 Å². The van der Waals surface area contributed by atoms with Gasteiger partial charge in [0, 0.05) is 18.7 Å². The molecule has 2 heterocycles. The number of nitrogens with zero attached hydrogens (tertiary/aromatic N) is 6. The Balaban J connectivity index is 1.62. The van der Waals surface area contributed by atoms with Gasteiger partial charge in [0.15, 0.2) is 5.65 Å². The molecular formula is C12H11N7O2. The van der Waals surface area contributed by atoms with Gasteiger partial charge in [0.05, 0.1) is 4.92 Å². The Bertz CT molecular complexity index is 786. The lowest BCUT2D eigenvalue weighted by Gasteiger charge is -2.05. The number of benzene rings is 1. The Hall–Kier alpha value is -3.10. The first-order chi connectivity index (χ1) is 10.2. The molecule has 3 rings (SSSR count). The lowest BCUT2D eigenvalue weighted by atomic mass is 10.1. The average Bonchev–Trinajstić information content (AvgIpc) is 2.95. The molecule has 9 nitrogen and oxygen atoms in total. The van der Waals surface area contributed by atoms with Gasteiger partial charge < -0.3 is 5.32 Å². The predicted molar refractivity (Wildman–Crippen MR) is 73.9 cm³/mol. The molecule has 1 aromatic carbocycles. The van der Waals surface area contributed by atoms with Crippen molar-refractivity contribution in [2.45, 2.75) is 6.42 Å². The fourth-order valence-electron chi connectivity index (χ4n) is 1.90. The fraction of sp³-hybridized carbons (Fsp3) is 0.167. The number of anilines is 1. The van der Waals surface area contributed by atoms with Crippen LogP contribution in [0.1, 0.15) is 5.56 Å². The quantitative estimate of drug-likeness (QED) is 0.551. The number of hydrogen-bond acceptors (Lipinski definition) is 7. The molecule has 0 unspecified atom stereocenters. The zero-order valence-electron chi connectivity index (χ0n) is 10.9. The van der Waals surface area contributed by atoms with Crippen LogP contribution in [0.5, 0.6) is 0 Å². The Kier molecular flexibility index (Phi) is 3.37. The number of nitro groups is 1. The van der Waals surface area contributed by atoms with Crippen molar-refractivity contribution in [3.8, 4) is 0 Å². The summed E-state index contributed by atoms with van der Waals surface area (Å²) in [7, 11) is 0. The largest absolute Gasteiger partial charge is 0.368 e. The summed E-state index contributed by atoms with van der Waals surface area (Å²) in [6.45, 7) is 0.599. The van der Waals surface area contributed by atoms with Gasteiger partial charge in [-0.15, -0.1) is 14.8 Å². The van der Waals surface area contributed by atoms with E-state index in [4.69, 9.17) is 0 Å². The topological polar surface area (TPSA) is 111 Å². The van der Waals surface area contributed by atoms with Gasteiger partial charge in [0.25, 0.3) is 5.69 Å². The third-order valence-electron chi connectivity index (χ3n) is 2.91. The molecule has 0 spiro atoms. The third kappa shape index (κ3) is 2.91. The first kappa shape index (κ1) is 12.9. The van der Waals surface area contributed by atoms with Gasteiger partial charge in [0.1, 0.15) is 5.82 Å². The van der Waals surface area contributed by atoms with Gasteiger partial charge in [-0.25, -0.2) is 0 Å². The van der Waals surface area contributed by atoms with Gasteiger partial charge >= 0.3 is 0 Å². The number of tetrazole rings is 1. The summed E-state index contributed by atoms with van der Waals surface area (Å²) >= 11 is 0. The molecule has 0 fully saturated rings. The number of aromatic nitrogens is 5. The van der Waals surface area contributed by atoms with Crippen molar-refractivity contribution in [2.24, 2.45) is 0 Å². The Morgan fingerprint density at radius 2 is 2.19 bits per heavy atom. The van der Waals surface area contributed by atoms with Crippen LogP contribution in [0.2, 0.25) is 0 Å². The number of nitro benzene ring substituents is 1. The van der Waals surface area contributed by atoms with E-state index in [1.165, 1.54) is 10.7 Å². The van der Waals surface area contributed by atoms with Crippen molar-refractivity contribution in [2.75, 3.05) is 11.9 Å². The van der Waals surface area contributed by atoms with E-state index < -0.39 is 4.92 Å². The zero-order valence-corrected chi connectivity index (χ0v) is 10.9. The van der Waals surface area contributed by atoms with E-state index in [0.717, 1.165) is 5.56 Å². The molecule has 0 aliphatic carbocycles. The maximum absolute atomic E-state index is 10.7. The molecule has 0 radical (unpaired) electrons. The van der Waals surface area contributed by atoms with E-state index in [9.17, 15) is 10.1 Å². The van der Waals surface area contributed by atoms with Crippen LogP contribution in [-0.2, 0) is 6.42 Å². The summed E-state index contributed by atoms with van der Waals surface area (Å²) in [6, 6.07) is 10.1. The Morgan fingerprint density at radius 3 is 3.05 bits per heavy atom. The second-order valence-electron chi connectivity index (χ2n) is 4.35. The molecule has 0 saturated heterocycles. The second-order valence-corrected chi connectivity index (χ2v) is 4.35. The number of nitrogens with one attached hydrogen (secondary N) is 1. The number of hydrogen-bond donors (Lipinski definition) is 1. The average molecular weight is 285 g/mol. The van der Waals surface area contributed by atoms with Crippen molar-refractivity contribution in [1.29, 1.82) is 0 Å². The highest BCUT2D eigenvalue weighted by Crippen LogP contribution is 2.13. The van der Waals surface area contributed by atoms with Crippen LogP contribution in [0.3, 0.4) is 0 Å². The highest BCUT2D eigenvalue weighted by atomic mass is 16.6. The van der Waals surface area contributed by atoms with Gasteiger partial charge in [0.2, 0.25) is 0 Å². The SMILES string of the molecule is O=[N+]([O-])c1cccc(CCNc2ccc3nnnn3n2)c1. The van der Waals surface area contributed by atoms with E-state index in [2.05, 4.69) is 25.9 Å².